The van der Waals surface area contributed by atoms with Crippen LogP contribution in [-0.2, 0) is 0 Å². The number of thioether (sulfide) groups is 1. The fraction of sp³-hybridized carbons (Fsp3) is 0.643. The van der Waals surface area contributed by atoms with Crippen molar-refractivity contribution in [3.8, 4) is 0 Å². The smallest absolute Gasteiger partial charge is 0.311 e. The van der Waals surface area contributed by atoms with Crippen molar-refractivity contribution < 1.29 is 4.92 Å². The summed E-state index contributed by atoms with van der Waals surface area (Å²) in [7, 11) is 0. The van der Waals surface area contributed by atoms with Gasteiger partial charge in [0.15, 0.2) is 0 Å². The number of anilines is 2. The molecule has 0 radical (unpaired) electrons. The van der Waals surface area contributed by atoms with Crippen molar-refractivity contribution in [3.63, 3.8) is 0 Å². The molecule has 2 rings (SSSR count). The standard InChI is InChI=1S/C14H22N4O2S/c1-3-8-15-12-6-5-11(18(19)20)13(17-12)16-10-14(2)7-4-9-21-14/h5-6H,3-4,7-10H2,1-2H3,(H2,15,16,17). The molecule has 2 N–H and O–H groups in total. The summed E-state index contributed by atoms with van der Waals surface area (Å²) < 4.78 is 0.141. The second kappa shape index (κ2) is 6.98. The number of hydrogen-bond donors (Lipinski definition) is 2. The van der Waals surface area contributed by atoms with Gasteiger partial charge in [0.1, 0.15) is 5.82 Å². The molecule has 21 heavy (non-hydrogen) atoms. The molecule has 1 aliphatic heterocycles. The molecule has 7 heteroatoms. The molecular formula is C14H22N4O2S. The highest BCUT2D eigenvalue weighted by molar-refractivity contribution is 8.00. The fourth-order valence-corrected chi connectivity index (χ4v) is 3.57. The topological polar surface area (TPSA) is 80.1 Å². The average Bonchev–Trinajstić information content (AvgIpc) is 2.90. The Balaban J connectivity index is 2.11. The van der Waals surface area contributed by atoms with Crippen molar-refractivity contribution in [1.82, 2.24) is 4.98 Å². The maximum atomic E-state index is 11.1. The van der Waals surface area contributed by atoms with E-state index in [0.29, 0.717) is 18.2 Å². The lowest BCUT2D eigenvalue weighted by atomic mass is 10.1. The van der Waals surface area contributed by atoms with E-state index in [9.17, 15) is 10.1 Å². The molecular weight excluding hydrogens is 288 g/mol. The summed E-state index contributed by atoms with van der Waals surface area (Å²) in [6.45, 7) is 5.76. The van der Waals surface area contributed by atoms with Crippen molar-refractivity contribution in [2.24, 2.45) is 0 Å². The molecule has 1 aliphatic rings. The number of aromatic nitrogens is 1. The van der Waals surface area contributed by atoms with Gasteiger partial charge in [-0.05, 0) is 38.0 Å². The highest BCUT2D eigenvalue weighted by atomic mass is 32.2. The SMILES string of the molecule is CCCNc1ccc([N+](=O)[O-])c(NCC2(C)CCCS2)n1. The molecule has 0 bridgehead atoms. The van der Waals surface area contributed by atoms with E-state index in [1.54, 1.807) is 6.07 Å². The molecule has 0 saturated carbocycles. The van der Waals surface area contributed by atoms with E-state index in [1.807, 2.05) is 11.8 Å². The number of nitrogens with zero attached hydrogens (tertiary/aromatic N) is 2. The molecule has 2 heterocycles. The summed E-state index contributed by atoms with van der Waals surface area (Å²) >= 11 is 1.92. The third kappa shape index (κ3) is 4.23. The van der Waals surface area contributed by atoms with Crippen molar-refractivity contribution in [2.45, 2.75) is 37.9 Å². The third-order valence-corrected chi connectivity index (χ3v) is 5.10. The van der Waals surface area contributed by atoms with Crippen LogP contribution in [0.25, 0.3) is 0 Å². The average molecular weight is 310 g/mol. The van der Waals surface area contributed by atoms with Gasteiger partial charge in [0.2, 0.25) is 5.82 Å². The van der Waals surface area contributed by atoms with Gasteiger partial charge < -0.3 is 10.6 Å². The third-order valence-electron chi connectivity index (χ3n) is 3.56. The first-order valence-electron chi connectivity index (χ1n) is 7.31. The zero-order valence-electron chi connectivity index (χ0n) is 12.5. The van der Waals surface area contributed by atoms with Crippen LogP contribution in [0.4, 0.5) is 17.3 Å². The summed E-state index contributed by atoms with van der Waals surface area (Å²) in [6, 6.07) is 3.17. The lowest BCUT2D eigenvalue weighted by molar-refractivity contribution is -0.384. The number of hydrogen-bond acceptors (Lipinski definition) is 6. The zero-order valence-corrected chi connectivity index (χ0v) is 13.3. The number of nitro groups is 1. The summed E-state index contributed by atoms with van der Waals surface area (Å²) in [5.41, 5.74) is 0.0312. The van der Waals surface area contributed by atoms with Gasteiger partial charge in [-0.3, -0.25) is 10.1 Å². The first-order chi connectivity index (χ1) is 10.0. The molecule has 1 atom stereocenters. The van der Waals surface area contributed by atoms with E-state index in [1.165, 1.54) is 12.5 Å². The maximum absolute atomic E-state index is 11.1. The molecule has 0 spiro atoms. The molecule has 1 saturated heterocycles. The Hall–Kier alpha value is -1.50. The Morgan fingerprint density at radius 2 is 2.29 bits per heavy atom. The number of rotatable bonds is 7. The van der Waals surface area contributed by atoms with Gasteiger partial charge in [-0.1, -0.05) is 6.92 Å². The lowest BCUT2D eigenvalue weighted by Gasteiger charge is -2.23. The van der Waals surface area contributed by atoms with Crippen LogP contribution in [0.5, 0.6) is 0 Å². The van der Waals surface area contributed by atoms with Gasteiger partial charge in [-0.2, -0.15) is 11.8 Å². The van der Waals surface area contributed by atoms with Crippen LogP contribution in [-0.4, -0.2) is 33.5 Å². The Bertz CT molecular complexity index is 504. The van der Waals surface area contributed by atoms with Crippen LogP contribution in [0.15, 0.2) is 12.1 Å². The van der Waals surface area contributed by atoms with Crippen LogP contribution < -0.4 is 10.6 Å². The summed E-state index contributed by atoms with van der Waals surface area (Å²) in [5, 5.41) is 17.5. The molecule has 0 amide bonds. The van der Waals surface area contributed by atoms with Crippen molar-refractivity contribution in [1.29, 1.82) is 0 Å². The van der Waals surface area contributed by atoms with Crippen LogP contribution in [0.2, 0.25) is 0 Å². The van der Waals surface area contributed by atoms with Crippen molar-refractivity contribution in [3.05, 3.63) is 22.2 Å². The molecule has 0 aliphatic carbocycles. The van der Waals surface area contributed by atoms with Crippen LogP contribution in [0.1, 0.15) is 33.1 Å². The summed E-state index contributed by atoms with van der Waals surface area (Å²) in [6.07, 6.45) is 3.32. The molecule has 1 aromatic heterocycles. The van der Waals surface area contributed by atoms with Gasteiger partial charge in [-0.25, -0.2) is 4.98 Å². The van der Waals surface area contributed by atoms with E-state index >= 15 is 0 Å². The molecule has 1 unspecified atom stereocenters. The predicted molar refractivity (Wildman–Crippen MR) is 88.3 cm³/mol. The van der Waals surface area contributed by atoms with E-state index in [2.05, 4.69) is 29.5 Å². The molecule has 116 valence electrons. The predicted octanol–water partition coefficient (Wildman–Crippen LogP) is 3.51. The highest BCUT2D eigenvalue weighted by Gasteiger charge is 2.30. The van der Waals surface area contributed by atoms with E-state index in [-0.39, 0.29) is 15.4 Å². The van der Waals surface area contributed by atoms with Gasteiger partial charge >= 0.3 is 5.69 Å². The summed E-state index contributed by atoms with van der Waals surface area (Å²) in [5.74, 6) is 2.19. The van der Waals surface area contributed by atoms with Crippen LogP contribution >= 0.6 is 11.8 Å². The number of pyridine rings is 1. The molecule has 0 aromatic carbocycles. The van der Waals surface area contributed by atoms with E-state index < -0.39 is 0 Å². The largest absolute Gasteiger partial charge is 0.370 e. The van der Waals surface area contributed by atoms with E-state index in [0.717, 1.165) is 25.1 Å². The lowest BCUT2D eigenvalue weighted by Crippen LogP contribution is -2.27. The van der Waals surface area contributed by atoms with Crippen molar-refractivity contribution in [2.75, 3.05) is 29.5 Å². The fourth-order valence-electron chi connectivity index (χ4n) is 2.33. The molecule has 6 nitrogen and oxygen atoms in total. The van der Waals surface area contributed by atoms with E-state index in [4.69, 9.17) is 0 Å². The Kier molecular flexibility index (Phi) is 5.27. The second-order valence-corrected chi connectivity index (χ2v) is 7.19. The maximum Gasteiger partial charge on any atom is 0.311 e. The normalized spacial score (nSPS) is 21.2. The van der Waals surface area contributed by atoms with Gasteiger partial charge in [0.05, 0.1) is 4.92 Å². The Labute approximate surface area is 129 Å². The van der Waals surface area contributed by atoms with Gasteiger partial charge in [0, 0.05) is 23.9 Å². The Morgan fingerprint density at radius 3 is 2.90 bits per heavy atom. The molecule has 1 fully saturated rings. The zero-order chi connectivity index (χ0) is 15.3. The number of nitrogens with one attached hydrogen (secondary N) is 2. The van der Waals surface area contributed by atoms with Crippen LogP contribution in [0.3, 0.4) is 0 Å². The van der Waals surface area contributed by atoms with Gasteiger partial charge in [-0.15, -0.1) is 0 Å². The minimum atomic E-state index is -0.386. The van der Waals surface area contributed by atoms with Crippen molar-refractivity contribution >= 4 is 29.1 Å². The minimum absolute atomic E-state index is 0.0312. The molecule has 1 aromatic rings. The van der Waals surface area contributed by atoms with Crippen LogP contribution in [0, 0.1) is 10.1 Å². The first-order valence-corrected chi connectivity index (χ1v) is 8.30. The minimum Gasteiger partial charge on any atom is -0.370 e. The summed E-state index contributed by atoms with van der Waals surface area (Å²) in [4.78, 5) is 15.1. The van der Waals surface area contributed by atoms with Gasteiger partial charge in [0.25, 0.3) is 0 Å². The first kappa shape index (κ1) is 15.9. The highest BCUT2D eigenvalue weighted by Crippen LogP contribution is 2.38. The second-order valence-electron chi connectivity index (χ2n) is 5.50. The monoisotopic (exact) mass is 310 g/mol. The Morgan fingerprint density at radius 1 is 1.48 bits per heavy atom. The quantitative estimate of drug-likeness (QED) is 0.592.